The molecule has 1 fully saturated rings. The second kappa shape index (κ2) is 5.60. The van der Waals surface area contributed by atoms with Crippen molar-refractivity contribution < 1.29 is 18.3 Å². The summed E-state index contributed by atoms with van der Waals surface area (Å²) >= 11 is 1.19. The van der Waals surface area contributed by atoms with Gasteiger partial charge in [-0.1, -0.05) is 12.8 Å². The smallest absolute Gasteiger partial charge is 0.318 e. The van der Waals surface area contributed by atoms with Gasteiger partial charge in [-0.05, 0) is 31.9 Å². The van der Waals surface area contributed by atoms with Gasteiger partial charge in [0, 0.05) is 10.9 Å². The van der Waals surface area contributed by atoms with Crippen LogP contribution in [0.3, 0.4) is 0 Å². The Bertz CT molecular complexity index is 558. The van der Waals surface area contributed by atoms with E-state index in [0.717, 1.165) is 34.9 Å². The Hall–Kier alpha value is -0.920. The van der Waals surface area contributed by atoms with Crippen LogP contribution in [0.1, 0.15) is 30.6 Å². The van der Waals surface area contributed by atoms with Crippen molar-refractivity contribution >= 4 is 27.3 Å². The van der Waals surface area contributed by atoms with Crippen molar-refractivity contribution in [2.75, 3.05) is 6.54 Å². The maximum atomic E-state index is 12.5. The average molecular weight is 303 g/mol. The predicted molar refractivity (Wildman–Crippen MR) is 72.8 cm³/mol. The van der Waals surface area contributed by atoms with Crippen molar-refractivity contribution in [2.45, 2.75) is 42.9 Å². The molecule has 0 aliphatic heterocycles. The lowest BCUT2D eigenvalue weighted by atomic mass is 10.2. The van der Waals surface area contributed by atoms with Crippen LogP contribution < -0.4 is 0 Å². The molecule has 1 N–H and O–H groups in total. The van der Waals surface area contributed by atoms with E-state index < -0.39 is 22.5 Å². The van der Waals surface area contributed by atoms with Gasteiger partial charge in [0.2, 0.25) is 0 Å². The zero-order valence-electron chi connectivity index (χ0n) is 10.7. The molecule has 1 heterocycles. The van der Waals surface area contributed by atoms with Gasteiger partial charge in [0.05, 0.1) is 0 Å². The van der Waals surface area contributed by atoms with Crippen LogP contribution in [0.25, 0.3) is 0 Å². The van der Waals surface area contributed by atoms with Crippen molar-refractivity contribution in [1.29, 1.82) is 0 Å². The number of sulfonamides is 1. The number of carbonyl (C=O) groups is 1. The van der Waals surface area contributed by atoms with Crippen LogP contribution in [-0.4, -0.2) is 36.4 Å². The number of hydrogen-bond acceptors (Lipinski definition) is 4. The van der Waals surface area contributed by atoms with Crippen molar-refractivity contribution in [3.63, 3.8) is 0 Å². The number of aryl methyl sites for hydroxylation is 1. The second-order valence-corrected chi connectivity index (χ2v) is 8.15. The summed E-state index contributed by atoms with van der Waals surface area (Å²) < 4.78 is 26.5. The Balaban J connectivity index is 2.33. The van der Waals surface area contributed by atoms with Gasteiger partial charge in [-0.3, -0.25) is 4.79 Å². The highest BCUT2D eigenvalue weighted by atomic mass is 32.2. The molecule has 0 atom stereocenters. The lowest BCUT2D eigenvalue weighted by Crippen LogP contribution is -2.41. The van der Waals surface area contributed by atoms with E-state index in [9.17, 15) is 13.2 Å². The molecule has 0 amide bonds. The zero-order valence-corrected chi connectivity index (χ0v) is 12.3. The van der Waals surface area contributed by atoms with Crippen LogP contribution in [0.4, 0.5) is 0 Å². The zero-order chi connectivity index (χ0) is 14.0. The first-order valence-electron chi connectivity index (χ1n) is 6.21. The minimum Gasteiger partial charge on any atom is -0.480 e. The fourth-order valence-corrected chi connectivity index (χ4v) is 5.45. The Kier molecular flexibility index (Phi) is 4.27. The van der Waals surface area contributed by atoms with Crippen LogP contribution >= 0.6 is 11.3 Å². The number of carboxylic acid groups (broad SMARTS) is 1. The quantitative estimate of drug-likeness (QED) is 0.903. The van der Waals surface area contributed by atoms with E-state index in [4.69, 9.17) is 5.11 Å². The standard InChI is InChI=1S/C12H17NO4S2/c1-9-6-7-12(18-9)19(16,17)13(8-11(14)15)10-4-2-3-5-10/h6-7,10H,2-5,8H2,1H3,(H,14,15). The number of rotatable bonds is 5. The van der Waals surface area contributed by atoms with Gasteiger partial charge < -0.3 is 5.11 Å². The highest BCUT2D eigenvalue weighted by molar-refractivity contribution is 7.91. The molecule has 106 valence electrons. The Morgan fingerprint density at radius 3 is 2.53 bits per heavy atom. The topological polar surface area (TPSA) is 74.7 Å². The van der Waals surface area contributed by atoms with Gasteiger partial charge in [0.15, 0.2) is 0 Å². The number of carboxylic acids is 1. The van der Waals surface area contributed by atoms with E-state index in [2.05, 4.69) is 0 Å². The first-order chi connectivity index (χ1) is 8.91. The van der Waals surface area contributed by atoms with E-state index >= 15 is 0 Å². The highest BCUT2D eigenvalue weighted by Crippen LogP contribution is 2.31. The van der Waals surface area contributed by atoms with E-state index in [1.165, 1.54) is 11.3 Å². The van der Waals surface area contributed by atoms with Crippen LogP contribution in [-0.2, 0) is 14.8 Å². The van der Waals surface area contributed by atoms with Gasteiger partial charge >= 0.3 is 5.97 Å². The third-order valence-electron chi connectivity index (χ3n) is 3.30. The maximum absolute atomic E-state index is 12.5. The van der Waals surface area contributed by atoms with E-state index in [1.54, 1.807) is 12.1 Å². The number of aliphatic carboxylic acids is 1. The molecule has 1 aromatic rings. The predicted octanol–water partition coefficient (Wildman–Crippen LogP) is 2.07. The molecule has 2 rings (SSSR count). The molecule has 1 aromatic heterocycles. The first-order valence-corrected chi connectivity index (χ1v) is 8.47. The van der Waals surface area contributed by atoms with Gasteiger partial charge in [0.25, 0.3) is 10.0 Å². The highest BCUT2D eigenvalue weighted by Gasteiger charge is 2.35. The third kappa shape index (κ3) is 3.16. The molecule has 1 saturated carbocycles. The summed E-state index contributed by atoms with van der Waals surface area (Å²) in [5, 5.41) is 8.96. The molecule has 1 aliphatic rings. The van der Waals surface area contributed by atoms with Crippen molar-refractivity contribution in [3.8, 4) is 0 Å². The Labute approximate surface area is 116 Å². The summed E-state index contributed by atoms with van der Waals surface area (Å²) in [6.45, 7) is 1.38. The maximum Gasteiger partial charge on any atom is 0.318 e. The molecular weight excluding hydrogens is 286 g/mol. The summed E-state index contributed by atoms with van der Waals surface area (Å²) in [7, 11) is -3.69. The van der Waals surface area contributed by atoms with E-state index in [0.29, 0.717) is 0 Å². The molecule has 19 heavy (non-hydrogen) atoms. The summed E-state index contributed by atoms with van der Waals surface area (Å²) in [5.74, 6) is -1.11. The lowest BCUT2D eigenvalue weighted by molar-refractivity contribution is -0.137. The number of thiophene rings is 1. The van der Waals surface area contributed by atoms with Crippen molar-refractivity contribution in [3.05, 3.63) is 17.0 Å². The molecule has 0 aromatic carbocycles. The van der Waals surface area contributed by atoms with Gasteiger partial charge in [-0.15, -0.1) is 11.3 Å². The summed E-state index contributed by atoms with van der Waals surface area (Å²) in [6.07, 6.45) is 3.41. The van der Waals surface area contributed by atoms with Crippen LogP contribution in [0.15, 0.2) is 16.3 Å². The van der Waals surface area contributed by atoms with Crippen LogP contribution in [0, 0.1) is 6.92 Å². The van der Waals surface area contributed by atoms with Crippen molar-refractivity contribution in [2.24, 2.45) is 0 Å². The molecule has 0 unspecified atom stereocenters. The van der Waals surface area contributed by atoms with Gasteiger partial charge in [-0.25, -0.2) is 8.42 Å². The largest absolute Gasteiger partial charge is 0.480 e. The fourth-order valence-electron chi connectivity index (χ4n) is 2.40. The molecule has 5 nitrogen and oxygen atoms in total. The molecule has 0 radical (unpaired) electrons. The minimum atomic E-state index is -3.69. The van der Waals surface area contributed by atoms with Crippen LogP contribution in [0.5, 0.6) is 0 Å². The monoisotopic (exact) mass is 303 g/mol. The molecule has 7 heteroatoms. The van der Waals surface area contributed by atoms with Crippen LogP contribution in [0.2, 0.25) is 0 Å². The third-order valence-corrected chi connectivity index (χ3v) is 6.67. The Morgan fingerprint density at radius 2 is 2.05 bits per heavy atom. The molecule has 0 bridgehead atoms. The average Bonchev–Trinajstić information content (AvgIpc) is 2.96. The summed E-state index contributed by atoms with van der Waals surface area (Å²) in [6, 6.07) is 3.12. The van der Waals surface area contributed by atoms with E-state index in [1.807, 2.05) is 6.92 Å². The number of hydrogen-bond donors (Lipinski definition) is 1. The molecule has 0 saturated heterocycles. The normalized spacial score (nSPS) is 17.2. The van der Waals surface area contributed by atoms with Crippen molar-refractivity contribution in [1.82, 2.24) is 4.31 Å². The fraction of sp³-hybridized carbons (Fsp3) is 0.583. The minimum absolute atomic E-state index is 0.177. The second-order valence-electron chi connectivity index (χ2n) is 4.75. The first kappa shape index (κ1) is 14.5. The summed E-state index contributed by atoms with van der Waals surface area (Å²) in [4.78, 5) is 11.8. The number of nitrogens with zero attached hydrogens (tertiary/aromatic N) is 1. The van der Waals surface area contributed by atoms with Gasteiger partial charge in [0.1, 0.15) is 10.8 Å². The molecular formula is C12H17NO4S2. The lowest BCUT2D eigenvalue weighted by Gasteiger charge is -2.25. The molecule has 0 spiro atoms. The summed E-state index contributed by atoms with van der Waals surface area (Å²) in [5.41, 5.74) is 0. The SMILES string of the molecule is Cc1ccc(S(=O)(=O)N(CC(=O)O)C2CCCC2)s1. The Morgan fingerprint density at radius 1 is 1.42 bits per heavy atom. The molecule has 1 aliphatic carbocycles. The van der Waals surface area contributed by atoms with E-state index in [-0.39, 0.29) is 10.3 Å². The van der Waals surface area contributed by atoms with Gasteiger partial charge in [-0.2, -0.15) is 4.31 Å².